The van der Waals surface area contributed by atoms with Gasteiger partial charge in [-0.05, 0) is 39.3 Å². The van der Waals surface area contributed by atoms with Crippen molar-refractivity contribution in [1.82, 2.24) is 5.32 Å². The number of nitrogens with one attached hydrogen (secondary N) is 1. The van der Waals surface area contributed by atoms with Crippen LogP contribution in [0.1, 0.15) is 25.7 Å². The molecule has 0 unspecified atom stereocenters. The SMILES string of the molecule is CNCCCC1([SiH](O)O)CC1. The molecule has 1 rings (SSSR count). The van der Waals surface area contributed by atoms with E-state index in [-0.39, 0.29) is 5.04 Å². The van der Waals surface area contributed by atoms with E-state index in [1.165, 1.54) is 0 Å². The average Bonchev–Trinajstić information content (AvgIpc) is 2.70. The molecule has 66 valence electrons. The molecule has 0 aromatic heterocycles. The zero-order valence-corrected chi connectivity index (χ0v) is 8.16. The van der Waals surface area contributed by atoms with Crippen molar-refractivity contribution in [3.8, 4) is 0 Å². The molecule has 0 saturated heterocycles. The van der Waals surface area contributed by atoms with Gasteiger partial charge in [-0.1, -0.05) is 0 Å². The Hall–Kier alpha value is 0.0969. The third kappa shape index (κ3) is 2.26. The van der Waals surface area contributed by atoms with Gasteiger partial charge >= 0.3 is 9.28 Å². The quantitative estimate of drug-likeness (QED) is 0.398. The molecule has 0 amide bonds. The standard InChI is InChI=1S/C7H17NO2Si/c1-8-6-2-3-7(4-5-7)11(9)10/h8-11H,2-6H2,1H3. The maximum Gasteiger partial charge on any atom is 0.322 e. The molecule has 0 radical (unpaired) electrons. The first kappa shape index (κ1) is 9.19. The minimum absolute atomic E-state index is 0.0108. The summed E-state index contributed by atoms with van der Waals surface area (Å²) in [7, 11) is -0.416. The second-order valence-electron chi connectivity index (χ2n) is 3.44. The summed E-state index contributed by atoms with van der Waals surface area (Å²) < 4.78 is 0. The van der Waals surface area contributed by atoms with Gasteiger partial charge in [0.2, 0.25) is 0 Å². The Labute approximate surface area is 69.3 Å². The molecule has 1 saturated carbocycles. The van der Waals surface area contributed by atoms with Crippen LogP contribution in [0.5, 0.6) is 0 Å². The normalized spacial score (nSPS) is 20.7. The lowest BCUT2D eigenvalue weighted by atomic mass is 10.2. The molecule has 3 N–H and O–H groups in total. The van der Waals surface area contributed by atoms with Gasteiger partial charge in [-0.3, -0.25) is 0 Å². The Kier molecular flexibility index (Phi) is 3.06. The lowest BCUT2D eigenvalue weighted by molar-refractivity contribution is 0.370. The second-order valence-corrected chi connectivity index (χ2v) is 5.42. The van der Waals surface area contributed by atoms with Crippen LogP contribution in [0.2, 0.25) is 5.04 Å². The van der Waals surface area contributed by atoms with Gasteiger partial charge in [0, 0.05) is 5.04 Å². The number of hydrogen-bond donors (Lipinski definition) is 3. The van der Waals surface area contributed by atoms with Crippen LogP contribution in [0.3, 0.4) is 0 Å². The third-order valence-electron chi connectivity index (χ3n) is 2.54. The zero-order chi connectivity index (χ0) is 8.32. The lowest BCUT2D eigenvalue weighted by Crippen LogP contribution is -2.22. The summed E-state index contributed by atoms with van der Waals surface area (Å²) in [4.78, 5) is 18.2. The largest absolute Gasteiger partial charge is 0.413 e. The zero-order valence-electron chi connectivity index (χ0n) is 7.01. The molecule has 4 heteroatoms. The second kappa shape index (κ2) is 3.67. The van der Waals surface area contributed by atoms with E-state index in [9.17, 15) is 0 Å². The van der Waals surface area contributed by atoms with E-state index in [4.69, 9.17) is 9.59 Å². The Morgan fingerprint density at radius 2 is 2.09 bits per heavy atom. The van der Waals surface area contributed by atoms with E-state index >= 15 is 0 Å². The molecule has 0 heterocycles. The third-order valence-corrected chi connectivity index (χ3v) is 4.50. The van der Waals surface area contributed by atoms with Crippen LogP contribution in [0, 0.1) is 0 Å². The van der Waals surface area contributed by atoms with Gasteiger partial charge in [-0.15, -0.1) is 0 Å². The Morgan fingerprint density at radius 3 is 2.45 bits per heavy atom. The molecule has 1 aliphatic carbocycles. The van der Waals surface area contributed by atoms with Crippen LogP contribution >= 0.6 is 0 Å². The number of hydrogen-bond acceptors (Lipinski definition) is 3. The molecule has 11 heavy (non-hydrogen) atoms. The molecule has 3 nitrogen and oxygen atoms in total. The predicted octanol–water partition coefficient (Wildman–Crippen LogP) is -0.275. The van der Waals surface area contributed by atoms with Gasteiger partial charge < -0.3 is 14.9 Å². The fourth-order valence-corrected chi connectivity index (χ4v) is 2.54. The maximum atomic E-state index is 9.12. The predicted molar refractivity (Wildman–Crippen MR) is 46.7 cm³/mol. The van der Waals surface area contributed by atoms with E-state index < -0.39 is 9.28 Å². The van der Waals surface area contributed by atoms with Crippen molar-refractivity contribution < 1.29 is 9.59 Å². The van der Waals surface area contributed by atoms with E-state index in [2.05, 4.69) is 5.32 Å². The summed E-state index contributed by atoms with van der Waals surface area (Å²) in [6, 6.07) is 0. The van der Waals surface area contributed by atoms with Gasteiger partial charge in [-0.25, -0.2) is 0 Å². The maximum absolute atomic E-state index is 9.12. The minimum Gasteiger partial charge on any atom is -0.413 e. The van der Waals surface area contributed by atoms with Crippen molar-refractivity contribution in [2.24, 2.45) is 0 Å². The lowest BCUT2D eigenvalue weighted by Gasteiger charge is -2.14. The average molecular weight is 175 g/mol. The monoisotopic (exact) mass is 175 g/mol. The van der Waals surface area contributed by atoms with Crippen molar-refractivity contribution in [2.45, 2.75) is 30.7 Å². The molecule has 0 atom stereocenters. The highest BCUT2D eigenvalue weighted by Crippen LogP contribution is 2.58. The van der Waals surface area contributed by atoms with Crippen LogP contribution in [0.4, 0.5) is 0 Å². The van der Waals surface area contributed by atoms with Crippen molar-refractivity contribution in [1.29, 1.82) is 0 Å². The molecular weight excluding hydrogens is 158 g/mol. The Bertz CT molecular complexity index is 126. The fraction of sp³-hybridized carbons (Fsp3) is 1.00. The van der Waals surface area contributed by atoms with Crippen LogP contribution in [-0.2, 0) is 0 Å². The highest BCUT2D eigenvalue weighted by Gasteiger charge is 2.49. The first-order chi connectivity index (χ1) is 5.21. The Morgan fingerprint density at radius 1 is 1.45 bits per heavy atom. The van der Waals surface area contributed by atoms with E-state index in [1.54, 1.807) is 0 Å². The van der Waals surface area contributed by atoms with Crippen LogP contribution < -0.4 is 5.32 Å². The summed E-state index contributed by atoms with van der Waals surface area (Å²) in [5.74, 6) is 0. The summed E-state index contributed by atoms with van der Waals surface area (Å²) in [6.45, 7) is 0.989. The van der Waals surface area contributed by atoms with Gasteiger partial charge in [0.25, 0.3) is 0 Å². The molecule has 1 fully saturated rings. The van der Waals surface area contributed by atoms with Gasteiger partial charge in [0.15, 0.2) is 0 Å². The fourth-order valence-electron chi connectivity index (χ4n) is 1.42. The van der Waals surface area contributed by atoms with Crippen molar-refractivity contribution >= 4 is 9.28 Å². The summed E-state index contributed by atoms with van der Waals surface area (Å²) in [6.07, 6.45) is 4.15. The van der Waals surface area contributed by atoms with Crippen molar-refractivity contribution in [3.05, 3.63) is 0 Å². The van der Waals surface area contributed by atoms with E-state index in [0.29, 0.717) is 0 Å². The topological polar surface area (TPSA) is 52.5 Å². The first-order valence-electron chi connectivity index (χ1n) is 4.22. The summed E-state index contributed by atoms with van der Waals surface area (Å²) in [5.41, 5.74) is 0. The van der Waals surface area contributed by atoms with Crippen LogP contribution in [-0.4, -0.2) is 32.5 Å². The molecular formula is C7H17NO2Si. The summed E-state index contributed by atoms with van der Waals surface area (Å²) in [5, 5.41) is 3.07. The number of rotatable bonds is 5. The molecule has 1 aliphatic rings. The Balaban J connectivity index is 2.14. The first-order valence-corrected chi connectivity index (χ1v) is 5.83. The van der Waals surface area contributed by atoms with Gasteiger partial charge in [0.1, 0.15) is 0 Å². The molecule has 0 bridgehead atoms. The van der Waals surface area contributed by atoms with E-state index in [1.807, 2.05) is 7.05 Å². The van der Waals surface area contributed by atoms with Crippen molar-refractivity contribution in [3.63, 3.8) is 0 Å². The highest BCUT2D eigenvalue weighted by atomic mass is 28.3. The van der Waals surface area contributed by atoms with E-state index in [0.717, 1.165) is 32.2 Å². The van der Waals surface area contributed by atoms with Crippen LogP contribution in [0.15, 0.2) is 0 Å². The van der Waals surface area contributed by atoms with Crippen molar-refractivity contribution in [2.75, 3.05) is 13.6 Å². The molecule has 0 aromatic rings. The van der Waals surface area contributed by atoms with Crippen LogP contribution in [0.25, 0.3) is 0 Å². The van der Waals surface area contributed by atoms with Gasteiger partial charge in [-0.2, -0.15) is 0 Å². The molecule has 0 aromatic carbocycles. The highest BCUT2D eigenvalue weighted by molar-refractivity contribution is 6.46. The molecule has 0 spiro atoms. The summed E-state index contributed by atoms with van der Waals surface area (Å²) >= 11 is 0. The minimum atomic E-state index is -2.34. The van der Waals surface area contributed by atoms with Gasteiger partial charge in [0.05, 0.1) is 0 Å². The smallest absolute Gasteiger partial charge is 0.322 e. The molecule has 0 aliphatic heterocycles.